The van der Waals surface area contributed by atoms with Crippen molar-refractivity contribution in [3.8, 4) is 0 Å². The van der Waals surface area contributed by atoms with Crippen molar-refractivity contribution in [1.29, 1.82) is 0 Å². The second kappa shape index (κ2) is 7.03. The second-order valence-electron chi connectivity index (χ2n) is 4.97. The van der Waals surface area contributed by atoms with Gasteiger partial charge in [-0.25, -0.2) is 0 Å². The van der Waals surface area contributed by atoms with E-state index in [1.165, 1.54) is 21.8 Å². The predicted molar refractivity (Wildman–Crippen MR) is 77.9 cm³/mol. The number of hydrogen-bond acceptors (Lipinski definition) is 4. The summed E-state index contributed by atoms with van der Waals surface area (Å²) in [5, 5.41) is 12.8. The van der Waals surface area contributed by atoms with Crippen LogP contribution in [0, 0.1) is 6.92 Å². The monoisotopic (exact) mass is 285 g/mol. The molecule has 1 unspecified atom stereocenters. The zero-order chi connectivity index (χ0) is 14.5. The summed E-state index contributed by atoms with van der Waals surface area (Å²) in [5.41, 5.74) is 0.271. The average molecular weight is 285 g/mol. The summed E-state index contributed by atoms with van der Waals surface area (Å²) < 4.78 is 4.93. The van der Waals surface area contributed by atoms with Gasteiger partial charge >= 0.3 is 0 Å². The van der Waals surface area contributed by atoms with Gasteiger partial charge in [-0.3, -0.25) is 4.79 Å². The molecule has 0 saturated heterocycles. The maximum Gasteiger partial charge on any atom is 0.261 e. The Morgan fingerprint density at radius 2 is 2.26 bits per heavy atom. The predicted octanol–water partition coefficient (Wildman–Crippen LogP) is 2.14. The zero-order valence-electron chi connectivity index (χ0n) is 12.1. The summed E-state index contributed by atoms with van der Waals surface area (Å²) in [6.45, 7) is 6.50. The molecule has 4 nitrogen and oxygen atoms in total. The summed E-state index contributed by atoms with van der Waals surface area (Å²) in [6, 6.07) is 1.93. The number of nitrogens with one attached hydrogen (secondary N) is 1. The van der Waals surface area contributed by atoms with E-state index in [1.54, 1.807) is 14.0 Å². The highest BCUT2D eigenvalue weighted by atomic mass is 32.1. The van der Waals surface area contributed by atoms with E-state index in [0.29, 0.717) is 17.9 Å². The topological polar surface area (TPSA) is 58.6 Å². The molecule has 0 saturated carbocycles. The second-order valence-corrected chi connectivity index (χ2v) is 6.22. The fraction of sp³-hybridized carbons (Fsp3) is 0.643. The van der Waals surface area contributed by atoms with Crippen LogP contribution >= 0.6 is 11.3 Å². The number of carbonyl (C=O) groups is 1. The van der Waals surface area contributed by atoms with Crippen LogP contribution in [-0.2, 0) is 11.2 Å². The normalized spacial score (nSPS) is 14.2. The van der Waals surface area contributed by atoms with Crippen molar-refractivity contribution in [3.63, 3.8) is 0 Å². The molecule has 0 aliphatic heterocycles. The molecule has 1 amide bonds. The molecule has 0 spiro atoms. The van der Waals surface area contributed by atoms with Gasteiger partial charge in [0.1, 0.15) is 0 Å². The van der Waals surface area contributed by atoms with Crippen molar-refractivity contribution in [2.45, 2.75) is 39.2 Å². The van der Waals surface area contributed by atoms with Crippen molar-refractivity contribution in [2.75, 3.05) is 20.3 Å². The number of carbonyl (C=O) groups excluding carboxylic acids is 1. The van der Waals surface area contributed by atoms with Crippen LogP contribution in [0.5, 0.6) is 0 Å². The standard InChI is InChI=1S/C14H23NO3S/c1-5-11-8-12(19-10(11)2)13(16)15-9-14(3,17)6-7-18-4/h8,17H,5-7,9H2,1-4H3,(H,15,16). The SMILES string of the molecule is CCc1cc(C(=O)NCC(C)(O)CCOC)sc1C. The molecular formula is C14H23NO3S. The van der Waals surface area contributed by atoms with Crippen LogP contribution < -0.4 is 5.32 Å². The Morgan fingerprint density at radius 3 is 2.79 bits per heavy atom. The van der Waals surface area contributed by atoms with Gasteiger partial charge in [-0.05, 0) is 31.9 Å². The molecule has 0 aromatic carbocycles. The van der Waals surface area contributed by atoms with Crippen LogP contribution in [0.15, 0.2) is 6.07 Å². The van der Waals surface area contributed by atoms with Crippen LogP contribution in [0.3, 0.4) is 0 Å². The molecule has 0 bridgehead atoms. The Morgan fingerprint density at radius 1 is 1.58 bits per heavy atom. The van der Waals surface area contributed by atoms with Crippen LogP contribution in [0.4, 0.5) is 0 Å². The Balaban J connectivity index is 2.55. The Labute approximate surface area is 118 Å². The number of hydrogen-bond donors (Lipinski definition) is 2. The summed E-state index contributed by atoms with van der Waals surface area (Å²) >= 11 is 1.50. The lowest BCUT2D eigenvalue weighted by Crippen LogP contribution is -2.41. The van der Waals surface area contributed by atoms with Crippen LogP contribution in [-0.4, -0.2) is 36.9 Å². The summed E-state index contributed by atoms with van der Waals surface area (Å²) in [5.74, 6) is -0.120. The quantitative estimate of drug-likeness (QED) is 0.807. The first-order valence-corrected chi connectivity index (χ1v) is 7.30. The smallest absolute Gasteiger partial charge is 0.261 e. The highest BCUT2D eigenvalue weighted by molar-refractivity contribution is 7.14. The molecule has 1 rings (SSSR count). The van der Waals surface area contributed by atoms with Crippen molar-refractivity contribution >= 4 is 17.2 Å². The first kappa shape index (κ1) is 16.1. The minimum atomic E-state index is -0.939. The molecule has 19 heavy (non-hydrogen) atoms. The van der Waals surface area contributed by atoms with Crippen LogP contribution in [0.25, 0.3) is 0 Å². The third-order valence-electron chi connectivity index (χ3n) is 3.10. The Hall–Kier alpha value is -0.910. The first-order chi connectivity index (χ1) is 8.89. The summed E-state index contributed by atoms with van der Waals surface area (Å²) in [7, 11) is 1.59. The lowest BCUT2D eigenvalue weighted by atomic mass is 10.0. The van der Waals surface area contributed by atoms with E-state index < -0.39 is 5.60 Å². The molecule has 1 aromatic rings. The van der Waals surface area contributed by atoms with Gasteiger partial charge in [0.05, 0.1) is 10.5 Å². The van der Waals surface area contributed by atoms with E-state index in [2.05, 4.69) is 12.2 Å². The number of rotatable bonds is 7. The van der Waals surface area contributed by atoms with E-state index in [1.807, 2.05) is 13.0 Å². The van der Waals surface area contributed by atoms with Gasteiger partial charge in [-0.15, -0.1) is 11.3 Å². The summed E-state index contributed by atoms with van der Waals surface area (Å²) in [6.07, 6.45) is 1.43. The molecule has 108 valence electrons. The average Bonchev–Trinajstić information content (AvgIpc) is 2.75. The number of methoxy groups -OCH3 is 1. The highest BCUT2D eigenvalue weighted by Crippen LogP contribution is 2.22. The fourth-order valence-corrected chi connectivity index (χ4v) is 2.78. The molecule has 1 atom stereocenters. The van der Waals surface area contributed by atoms with E-state index in [-0.39, 0.29) is 12.5 Å². The van der Waals surface area contributed by atoms with E-state index in [0.717, 1.165) is 6.42 Å². The zero-order valence-corrected chi connectivity index (χ0v) is 12.9. The third kappa shape index (κ3) is 4.93. The van der Waals surface area contributed by atoms with Gasteiger partial charge in [0.25, 0.3) is 5.91 Å². The molecule has 0 aliphatic rings. The number of ether oxygens (including phenoxy) is 1. The number of aryl methyl sites for hydroxylation is 2. The molecule has 2 N–H and O–H groups in total. The van der Waals surface area contributed by atoms with Crippen molar-refractivity contribution in [1.82, 2.24) is 5.32 Å². The maximum absolute atomic E-state index is 12.0. The van der Waals surface area contributed by atoms with Gasteiger partial charge < -0.3 is 15.2 Å². The van der Waals surface area contributed by atoms with Gasteiger partial charge in [0.2, 0.25) is 0 Å². The fourth-order valence-electron chi connectivity index (χ4n) is 1.75. The van der Waals surface area contributed by atoms with Crippen molar-refractivity contribution in [2.24, 2.45) is 0 Å². The van der Waals surface area contributed by atoms with Gasteiger partial charge in [-0.1, -0.05) is 6.92 Å². The molecule has 1 heterocycles. The van der Waals surface area contributed by atoms with Gasteiger partial charge in [0.15, 0.2) is 0 Å². The van der Waals surface area contributed by atoms with E-state index >= 15 is 0 Å². The van der Waals surface area contributed by atoms with Crippen LogP contribution in [0.2, 0.25) is 0 Å². The largest absolute Gasteiger partial charge is 0.388 e. The lowest BCUT2D eigenvalue weighted by molar-refractivity contribution is 0.0244. The Bertz CT molecular complexity index is 426. The van der Waals surface area contributed by atoms with E-state index in [9.17, 15) is 9.90 Å². The summed E-state index contributed by atoms with van der Waals surface area (Å²) in [4.78, 5) is 13.9. The van der Waals surface area contributed by atoms with E-state index in [4.69, 9.17) is 4.74 Å². The molecule has 0 aliphatic carbocycles. The molecule has 0 fully saturated rings. The van der Waals surface area contributed by atoms with Crippen molar-refractivity contribution < 1.29 is 14.6 Å². The molecule has 5 heteroatoms. The maximum atomic E-state index is 12.0. The minimum Gasteiger partial charge on any atom is -0.388 e. The first-order valence-electron chi connectivity index (χ1n) is 6.48. The number of thiophene rings is 1. The molecule has 0 radical (unpaired) electrons. The van der Waals surface area contributed by atoms with Gasteiger partial charge in [0, 0.05) is 31.6 Å². The molecule has 1 aromatic heterocycles. The van der Waals surface area contributed by atoms with Crippen molar-refractivity contribution in [3.05, 3.63) is 21.4 Å². The number of aliphatic hydroxyl groups is 1. The van der Waals surface area contributed by atoms with Gasteiger partial charge in [-0.2, -0.15) is 0 Å². The van der Waals surface area contributed by atoms with Crippen LogP contribution in [0.1, 0.15) is 40.4 Å². The Kier molecular flexibility index (Phi) is 5.97. The minimum absolute atomic E-state index is 0.120. The highest BCUT2D eigenvalue weighted by Gasteiger charge is 2.21. The lowest BCUT2D eigenvalue weighted by Gasteiger charge is -2.22. The molecular weight excluding hydrogens is 262 g/mol. The number of amides is 1. The third-order valence-corrected chi connectivity index (χ3v) is 4.19.